The molecule has 96 valence electrons. The number of fused-ring (bicyclic) bond motifs is 2. The number of benzene rings is 3. The molecule has 0 heterocycles. The SMILES string of the molecule is Cc1c2ccccc2c(CO)c2ccc(O)c(O)c12. The van der Waals surface area contributed by atoms with Crippen molar-refractivity contribution >= 4 is 21.5 Å². The number of hydrogen-bond donors (Lipinski definition) is 3. The smallest absolute Gasteiger partial charge is 0.165 e. The lowest BCUT2D eigenvalue weighted by atomic mass is 9.92. The Bertz CT molecular complexity index is 791. The van der Waals surface area contributed by atoms with Crippen LogP contribution in [0.15, 0.2) is 36.4 Å². The molecule has 0 spiro atoms. The van der Waals surface area contributed by atoms with Gasteiger partial charge < -0.3 is 15.3 Å². The fourth-order valence-corrected chi connectivity index (χ4v) is 2.73. The largest absolute Gasteiger partial charge is 0.504 e. The van der Waals surface area contributed by atoms with E-state index in [1.807, 2.05) is 31.2 Å². The number of aliphatic hydroxyl groups is 1. The minimum Gasteiger partial charge on any atom is -0.504 e. The molecule has 3 nitrogen and oxygen atoms in total. The van der Waals surface area contributed by atoms with E-state index in [2.05, 4.69) is 0 Å². The summed E-state index contributed by atoms with van der Waals surface area (Å²) in [7, 11) is 0. The number of phenols is 2. The first-order chi connectivity index (χ1) is 9.15. The van der Waals surface area contributed by atoms with E-state index in [0.717, 1.165) is 27.3 Å². The lowest BCUT2D eigenvalue weighted by Gasteiger charge is -2.14. The van der Waals surface area contributed by atoms with E-state index in [-0.39, 0.29) is 18.1 Å². The summed E-state index contributed by atoms with van der Waals surface area (Å²) in [6.45, 7) is 1.80. The van der Waals surface area contributed by atoms with Crippen LogP contribution in [0.5, 0.6) is 11.5 Å². The topological polar surface area (TPSA) is 60.7 Å². The standard InChI is InChI=1S/C16H14O3/c1-9-10-4-2-3-5-11(10)13(8-17)12-6-7-14(18)16(19)15(9)12/h2-7,17-19H,8H2,1H3. The van der Waals surface area contributed by atoms with Gasteiger partial charge in [0.2, 0.25) is 0 Å². The van der Waals surface area contributed by atoms with E-state index in [1.54, 1.807) is 6.07 Å². The molecule has 0 aliphatic carbocycles. The molecule has 0 radical (unpaired) electrons. The number of rotatable bonds is 1. The Morgan fingerprint density at radius 2 is 1.58 bits per heavy atom. The van der Waals surface area contributed by atoms with Crippen LogP contribution >= 0.6 is 0 Å². The molecule has 0 atom stereocenters. The number of aryl methyl sites for hydroxylation is 1. The Labute approximate surface area is 110 Å². The van der Waals surface area contributed by atoms with Gasteiger partial charge in [-0.25, -0.2) is 0 Å². The second-order valence-corrected chi connectivity index (χ2v) is 4.66. The molecule has 0 saturated carbocycles. The summed E-state index contributed by atoms with van der Waals surface area (Å²) in [5, 5.41) is 32.7. The quantitative estimate of drug-likeness (QED) is 0.461. The predicted octanol–water partition coefficient (Wildman–Crippen LogP) is 3.20. The maximum atomic E-state index is 10.1. The lowest BCUT2D eigenvalue weighted by Crippen LogP contribution is -1.93. The van der Waals surface area contributed by atoms with Gasteiger partial charge in [-0.1, -0.05) is 30.3 Å². The minimum atomic E-state index is -0.144. The van der Waals surface area contributed by atoms with Crippen LogP contribution in [0.2, 0.25) is 0 Å². The van der Waals surface area contributed by atoms with Crippen LogP contribution in [0.3, 0.4) is 0 Å². The second kappa shape index (κ2) is 4.14. The van der Waals surface area contributed by atoms with Gasteiger partial charge >= 0.3 is 0 Å². The van der Waals surface area contributed by atoms with Crippen molar-refractivity contribution in [2.45, 2.75) is 13.5 Å². The van der Waals surface area contributed by atoms with Crippen molar-refractivity contribution in [3.63, 3.8) is 0 Å². The Balaban J connectivity index is 2.66. The molecular formula is C16H14O3. The molecule has 3 N–H and O–H groups in total. The van der Waals surface area contributed by atoms with Crippen LogP contribution in [-0.4, -0.2) is 15.3 Å². The van der Waals surface area contributed by atoms with Gasteiger partial charge in [-0.05, 0) is 40.3 Å². The fourth-order valence-electron chi connectivity index (χ4n) is 2.73. The Morgan fingerprint density at radius 3 is 2.26 bits per heavy atom. The number of aliphatic hydroxyl groups excluding tert-OH is 1. The Hall–Kier alpha value is -2.26. The average molecular weight is 254 g/mol. The normalized spacial score (nSPS) is 11.3. The summed E-state index contributed by atoms with van der Waals surface area (Å²) in [5.41, 5.74) is 1.67. The van der Waals surface area contributed by atoms with Crippen molar-refractivity contribution in [3.8, 4) is 11.5 Å². The maximum Gasteiger partial charge on any atom is 0.165 e. The molecule has 0 aliphatic rings. The third kappa shape index (κ3) is 1.55. The van der Waals surface area contributed by atoms with Gasteiger partial charge in [0.25, 0.3) is 0 Å². The van der Waals surface area contributed by atoms with E-state index in [4.69, 9.17) is 0 Å². The Kier molecular flexibility index (Phi) is 2.57. The van der Waals surface area contributed by atoms with Gasteiger partial charge in [0.15, 0.2) is 11.5 Å². The molecular weight excluding hydrogens is 240 g/mol. The lowest BCUT2D eigenvalue weighted by molar-refractivity contribution is 0.285. The number of phenolic OH excluding ortho intramolecular Hbond substituents is 2. The summed E-state index contributed by atoms with van der Waals surface area (Å²) in [5.74, 6) is -0.273. The van der Waals surface area contributed by atoms with Crippen molar-refractivity contribution in [1.29, 1.82) is 0 Å². The zero-order valence-corrected chi connectivity index (χ0v) is 10.5. The molecule has 0 unspecified atom stereocenters. The number of aromatic hydroxyl groups is 2. The van der Waals surface area contributed by atoms with Crippen LogP contribution < -0.4 is 0 Å². The van der Waals surface area contributed by atoms with E-state index in [9.17, 15) is 15.3 Å². The van der Waals surface area contributed by atoms with Crippen molar-refractivity contribution < 1.29 is 15.3 Å². The highest BCUT2D eigenvalue weighted by atomic mass is 16.3. The molecule has 3 aromatic rings. The van der Waals surface area contributed by atoms with Crippen molar-refractivity contribution in [1.82, 2.24) is 0 Å². The van der Waals surface area contributed by atoms with E-state index in [1.165, 1.54) is 6.07 Å². The third-order valence-corrected chi connectivity index (χ3v) is 3.67. The van der Waals surface area contributed by atoms with Crippen molar-refractivity contribution in [2.75, 3.05) is 0 Å². The summed E-state index contributed by atoms with van der Waals surface area (Å²) in [4.78, 5) is 0. The molecule has 0 saturated heterocycles. The molecule has 0 bridgehead atoms. The fraction of sp³-hybridized carbons (Fsp3) is 0.125. The first kappa shape index (κ1) is 11.8. The molecule has 0 fully saturated rings. The first-order valence-electron chi connectivity index (χ1n) is 6.11. The second-order valence-electron chi connectivity index (χ2n) is 4.66. The van der Waals surface area contributed by atoms with E-state index < -0.39 is 0 Å². The molecule has 0 amide bonds. The molecule has 19 heavy (non-hydrogen) atoms. The van der Waals surface area contributed by atoms with Gasteiger partial charge in [-0.15, -0.1) is 0 Å². The van der Waals surface area contributed by atoms with Gasteiger partial charge in [0.05, 0.1) is 6.61 Å². The van der Waals surface area contributed by atoms with Gasteiger partial charge in [-0.3, -0.25) is 0 Å². The van der Waals surface area contributed by atoms with Crippen molar-refractivity contribution in [2.24, 2.45) is 0 Å². The Morgan fingerprint density at radius 1 is 0.895 bits per heavy atom. The molecule has 3 aromatic carbocycles. The molecule has 0 aliphatic heterocycles. The van der Waals surface area contributed by atoms with Gasteiger partial charge in [0, 0.05) is 5.39 Å². The maximum absolute atomic E-state index is 10.1. The van der Waals surface area contributed by atoms with E-state index in [0.29, 0.717) is 5.39 Å². The van der Waals surface area contributed by atoms with E-state index >= 15 is 0 Å². The monoisotopic (exact) mass is 254 g/mol. The highest BCUT2D eigenvalue weighted by Crippen LogP contribution is 2.41. The van der Waals surface area contributed by atoms with Gasteiger partial charge in [0.1, 0.15) is 0 Å². The van der Waals surface area contributed by atoms with Gasteiger partial charge in [-0.2, -0.15) is 0 Å². The minimum absolute atomic E-state index is 0.110. The van der Waals surface area contributed by atoms with Crippen molar-refractivity contribution in [3.05, 3.63) is 47.5 Å². The molecule has 3 heteroatoms. The zero-order chi connectivity index (χ0) is 13.6. The summed E-state index contributed by atoms with van der Waals surface area (Å²) >= 11 is 0. The summed E-state index contributed by atoms with van der Waals surface area (Å²) in [6.07, 6.45) is 0. The molecule has 3 rings (SSSR count). The van der Waals surface area contributed by atoms with Crippen LogP contribution in [0, 0.1) is 6.92 Å². The van der Waals surface area contributed by atoms with Crippen LogP contribution in [0.1, 0.15) is 11.1 Å². The predicted molar refractivity (Wildman–Crippen MR) is 75.4 cm³/mol. The first-order valence-corrected chi connectivity index (χ1v) is 6.11. The zero-order valence-electron chi connectivity index (χ0n) is 10.5. The highest BCUT2D eigenvalue weighted by Gasteiger charge is 2.15. The summed E-state index contributed by atoms with van der Waals surface area (Å²) in [6, 6.07) is 10.9. The van der Waals surface area contributed by atoms with Crippen LogP contribution in [0.25, 0.3) is 21.5 Å². The average Bonchev–Trinajstić information content (AvgIpc) is 2.43. The summed E-state index contributed by atoms with van der Waals surface area (Å²) < 4.78 is 0. The number of hydrogen-bond acceptors (Lipinski definition) is 3. The molecule has 0 aromatic heterocycles. The van der Waals surface area contributed by atoms with Crippen LogP contribution in [-0.2, 0) is 6.61 Å². The third-order valence-electron chi connectivity index (χ3n) is 3.67. The highest BCUT2D eigenvalue weighted by molar-refractivity contribution is 6.08. The van der Waals surface area contributed by atoms with Crippen LogP contribution in [0.4, 0.5) is 0 Å².